The molecule has 0 saturated carbocycles. The van der Waals surface area contributed by atoms with Gasteiger partial charge in [0.15, 0.2) is 0 Å². The van der Waals surface area contributed by atoms with Crippen LogP contribution < -0.4 is 0 Å². The molecule has 1 aliphatic heterocycles. The topological polar surface area (TPSA) is 26.3 Å². The van der Waals surface area contributed by atoms with Crippen LogP contribution in [0.25, 0.3) is 0 Å². The first-order valence-electron chi connectivity index (χ1n) is 5.12. The molecule has 1 aromatic carbocycles. The van der Waals surface area contributed by atoms with Gasteiger partial charge >= 0.3 is 5.97 Å². The molecule has 0 bridgehead atoms. The monoisotopic (exact) mass is 222 g/mol. The fourth-order valence-electron chi connectivity index (χ4n) is 1.63. The molecule has 2 unspecified atom stereocenters. The van der Waals surface area contributed by atoms with E-state index in [9.17, 15) is 4.79 Å². The van der Waals surface area contributed by atoms with Gasteiger partial charge in [0.1, 0.15) is 11.4 Å². The molecule has 1 heterocycles. The summed E-state index contributed by atoms with van der Waals surface area (Å²) in [5.41, 5.74) is 1.26. The Morgan fingerprint density at radius 1 is 1.40 bits per heavy atom. The lowest BCUT2D eigenvalue weighted by Crippen LogP contribution is -2.09. The van der Waals surface area contributed by atoms with E-state index in [0.29, 0.717) is 0 Å². The Labute approximate surface area is 94.0 Å². The van der Waals surface area contributed by atoms with E-state index in [1.807, 2.05) is 25.1 Å². The van der Waals surface area contributed by atoms with Crippen LogP contribution in [-0.4, -0.2) is 17.3 Å². The first-order chi connectivity index (χ1) is 7.25. The number of carbonyl (C=O) groups excluding carboxylic acids is 1. The van der Waals surface area contributed by atoms with Crippen molar-refractivity contribution in [2.75, 3.05) is 0 Å². The van der Waals surface area contributed by atoms with E-state index in [4.69, 9.17) is 4.74 Å². The third kappa shape index (κ3) is 2.75. The molecule has 1 aromatic rings. The van der Waals surface area contributed by atoms with E-state index in [0.717, 1.165) is 12.2 Å². The van der Waals surface area contributed by atoms with Crippen LogP contribution >= 0.6 is 11.8 Å². The summed E-state index contributed by atoms with van der Waals surface area (Å²) in [6, 6.07) is 10.2. The molecule has 2 atom stereocenters. The van der Waals surface area contributed by atoms with Crippen LogP contribution in [0.2, 0.25) is 0 Å². The van der Waals surface area contributed by atoms with Crippen molar-refractivity contribution < 1.29 is 9.53 Å². The molecule has 3 heteroatoms. The Hall–Kier alpha value is -0.960. The molecule has 1 fully saturated rings. The molecule has 0 spiro atoms. The molecule has 0 N–H and O–H groups in total. The lowest BCUT2D eigenvalue weighted by Gasteiger charge is -2.04. The number of benzene rings is 1. The summed E-state index contributed by atoms with van der Waals surface area (Å²) in [4.78, 5) is 11.4. The van der Waals surface area contributed by atoms with Crippen LogP contribution in [0.5, 0.6) is 0 Å². The number of esters is 1. The van der Waals surface area contributed by atoms with E-state index in [-0.39, 0.29) is 17.3 Å². The van der Waals surface area contributed by atoms with Crippen LogP contribution in [0, 0.1) is 0 Å². The van der Waals surface area contributed by atoms with E-state index in [2.05, 4.69) is 12.1 Å². The molecule has 1 saturated heterocycles. The Kier molecular flexibility index (Phi) is 3.31. The van der Waals surface area contributed by atoms with Crippen molar-refractivity contribution in [1.29, 1.82) is 0 Å². The van der Waals surface area contributed by atoms with Crippen LogP contribution in [0.15, 0.2) is 30.3 Å². The molecule has 0 radical (unpaired) electrons. The summed E-state index contributed by atoms with van der Waals surface area (Å²) in [6.45, 7) is 1.95. The molecule has 0 aliphatic carbocycles. The van der Waals surface area contributed by atoms with Gasteiger partial charge in [-0.05, 0) is 12.5 Å². The Bertz CT molecular complexity index is 337. The number of rotatable bonds is 3. The summed E-state index contributed by atoms with van der Waals surface area (Å²) < 4.78 is 5.10. The highest BCUT2D eigenvalue weighted by atomic mass is 32.2. The van der Waals surface area contributed by atoms with Gasteiger partial charge in [0, 0.05) is 12.2 Å². The van der Waals surface area contributed by atoms with Gasteiger partial charge in [0.25, 0.3) is 0 Å². The lowest BCUT2D eigenvalue weighted by atomic mass is 10.2. The van der Waals surface area contributed by atoms with Gasteiger partial charge in [-0.1, -0.05) is 30.3 Å². The van der Waals surface area contributed by atoms with Crippen LogP contribution in [0.3, 0.4) is 0 Å². The Balaban J connectivity index is 1.86. The predicted octanol–water partition coefficient (Wildman–Crippen LogP) is 2.62. The summed E-state index contributed by atoms with van der Waals surface area (Å²) in [6.07, 6.45) is 0.932. The zero-order chi connectivity index (χ0) is 10.7. The van der Waals surface area contributed by atoms with Crippen LogP contribution in [0.1, 0.15) is 18.9 Å². The maximum absolute atomic E-state index is 11.4. The van der Waals surface area contributed by atoms with E-state index >= 15 is 0 Å². The van der Waals surface area contributed by atoms with Gasteiger partial charge in [-0.25, -0.2) is 0 Å². The SMILES string of the molecule is CC1CC(SCc2ccccc2)C(=O)O1. The number of hydrogen-bond donors (Lipinski definition) is 0. The van der Waals surface area contributed by atoms with Gasteiger partial charge in [0.05, 0.1) is 0 Å². The van der Waals surface area contributed by atoms with Crippen molar-refractivity contribution in [3.63, 3.8) is 0 Å². The quantitative estimate of drug-likeness (QED) is 0.735. The number of cyclic esters (lactones) is 1. The van der Waals surface area contributed by atoms with Crippen LogP contribution in [-0.2, 0) is 15.3 Å². The van der Waals surface area contributed by atoms with Crippen molar-refractivity contribution in [2.24, 2.45) is 0 Å². The highest BCUT2D eigenvalue weighted by Crippen LogP contribution is 2.28. The van der Waals surface area contributed by atoms with Crippen molar-refractivity contribution >= 4 is 17.7 Å². The minimum atomic E-state index is -0.0524. The molecular formula is C12H14O2S. The van der Waals surface area contributed by atoms with Gasteiger partial charge in [-0.3, -0.25) is 4.79 Å². The molecule has 2 rings (SSSR count). The highest BCUT2D eigenvalue weighted by molar-refractivity contribution is 7.99. The highest BCUT2D eigenvalue weighted by Gasteiger charge is 2.31. The minimum absolute atomic E-state index is 0.0280. The first kappa shape index (κ1) is 10.6. The normalized spacial score (nSPS) is 25.3. The fraction of sp³-hybridized carbons (Fsp3) is 0.417. The second-order valence-corrected chi connectivity index (χ2v) is 4.96. The molecule has 80 valence electrons. The summed E-state index contributed by atoms with van der Waals surface area (Å²) in [7, 11) is 0. The van der Waals surface area contributed by atoms with E-state index in [1.54, 1.807) is 11.8 Å². The summed E-state index contributed by atoms with van der Waals surface area (Å²) >= 11 is 1.67. The van der Waals surface area contributed by atoms with Gasteiger partial charge in [-0.2, -0.15) is 0 Å². The van der Waals surface area contributed by atoms with Crippen LogP contribution in [0.4, 0.5) is 0 Å². The van der Waals surface area contributed by atoms with E-state index in [1.165, 1.54) is 5.56 Å². The molecule has 0 amide bonds. The predicted molar refractivity (Wildman–Crippen MR) is 61.7 cm³/mol. The standard InChI is InChI=1S/C12H14O2S/c1-9-7-11(12(13)14-9)15-8-10-5-3-2-4-6-10/h2-6,9,11H,7-8H2,1H3. The second kappa shape index (κ2) is 4.71. The van der Waals surface area contributed by atoms with Crippen molar-refractivity contribution in [3.05, 3.63) is 35.9 Å². The lowest BCUT2D eigenvalue weighted by molar-refractivity contribution is -0.140. The fourth-order valence-corrected chi connectivity index (χ4v) is 2.81. The molecule has 0 aromatic heterocycles. The third-order valence-corrected chi connectivity index (χ3v) is 3.71. The summed E-state index contributed by atoms with van der Waals surface area (Å²) in [5.74, 6) is 0.830. The summed E-state index contributed by atoms with van der Waals surface area (Å²) in [5, 5.41) is 0.0280. The van der Waals surface area contributed by atoms with Gasteiger partial charge in [-0.15, -0.1) is 11.8 Å². The van der Waals surface area contributed by atoms with Gasteiger partial charge in [0.2, 0.25) is 0 Å². The number of hydrogen-bond acceptors (Lipinski definition) is 3. The maximum atomic E-state index is 11.4. The van der Waals surface area contributed by atoms with Crippen molar-refractivity contribution in [1.82, 2.24) is 0 Å². The van der Waals surface area contributed by atoms with Gasteiger partial charge < -0.3 is 4.74 Å². The zero-order valence-electron chi connectivity index (χ0n) is 8.68. The molecular weight excluding hydrogens is 208 g/mol. The molecule has 15 heavy (non-hydrogen) atoms. The molecule has 2 nitrogen and oxygen atoms in total. The number of carbonyl (C=O) groups is 1. The largest absolute Gasteiger partial charge is 0.462 e. The second-order valence-electron chi connectivity index (χ2n) is 3.77. The Morgan fingerprint density at radius 2 is 2.13 bits per heavy atom. The van der Waals surface area contributed by atoms with E-state index < -0.39 is 0 Å². The molecule has 1 aliphatic rings. The van der Waals surface area contributed by atoms with Crippen molar-refractivity contribution in [2.45, 2.75) is 30.5 Å². The smallest absolute Gasteiger partial charge is 0.319 e. The number of thioether (sulfide) groups is 1. The maximum Gasteiger partial charge on any atom is 0.319 e. The third-order valence-electron chi connectivity index (χ3n) is 2.42. The van der Waals surface area contributed by atoms with Crippen molar-refractivity contribution in [3.8, 4) is 0 Å². The minimum Gasteiger partial charge on any atom is -0.462 e. The average Bonchev–Trinajstić information content (AvgIpc) is 2.56. The first-order valence-corrected chi connectivity index (χ1v) is 6.16. The number of ether oxygens (including phenoxy) is 1. The average molecular weight is 222 g/mol. The Morgan fingerprint density at radius 3 is 2.73 bits per heavy atom. The zero-order valence-corrected chi connectivity index (χ0v) is 9.50.